The van der Waals surface area contributed by atoms with E-state index in [4.69, 9.17) is 0 Å². The number of hydrogen-bond donors (Lipinski definition) is 1. The molecule has 1 heterocycles. The van der Waals surface area contributed by atoms with Gasteiger partial charge < -0.3 is 5.32 Å². The normalized spacial score (nSPS) is 16.2. The molecule has 1 aromatic carbocycles. The lowest BCUT2D eigenvalue weighted by Gasteiger charge is -2.25. The zero-order chi connectivity index (χ0) is 14.7. The van der Waals surface area contributed by atoms with Crippen molar-refractivity contribution in [1.29, 1.82) is 0 Å². The quantitative estimate of drug-likeness (QED) is 0.869. The molecule has 1 saturated carbocycles. The SMILES string of the molecule is CC(CNC(=O)C1CCC1)c1ccc(-c2ccsc2)cc1. The molecule has 1 atom stereocenters. The van der Waals surface area contributed by atoms with Crippen LogP contribution in [-0.4, -0.2) is 12.5 Å². The third-order valence-electron chi connectivity index (χ3n) is 4.39. The summed E-state index contributed by atoms with van der Waals surface area (Å²) in [5.41, 5.74) is 3.81. The first-order chi connectivity index (χ1) is 10.2. The molecule has 2 nitrogen and oxygen atoms in total. The highest BCUT2D eigenvalue weighted by atomic mass is 32.1. The summed E-state index contributed by atoms with van der Waals surface area (Å²) in [6.45, 7) is 2.90. The molecule has 1 unspecified atom stereocenters. The Morgan fingerprint density at radius 1 is 1.24 bits per heavy atom. The molecule has 1 aliphatic rings. The number of benzene rings is 1. The maximum atomic E-state index is 11.9. The molecule has 21 heavy (non-hydrogen) atoms. The maximum Gasteiger partial charge on any atom is 0.223 e. The van der Waals surface area contributed by atoms with Gasteiger partial charge in [0, 0.05) is 12.5 Å². The highest BCUT2D eigenvalue weighted by Crippen LogP contribution is 2.27. The fraction of sp³-hybridized carbons (Fsp3) is 0.389. The Bertz CT molecular complexity index is 584. The molecule has 0 radical (unpaired) electrons. The van der Waals surface area contributed by atoms with Gasteiger partial charge in [-0.3, -0.25) is 4.79 Å². The van der Waals surface area contributed by atoms with Crippen molar-refractivity contribution >= 4 is 17.2 Å². The van der Waals surface area contributed by atoms with E-state index in [2.05, 4.69) is 53.3 Å². The predicted octanol–water partition coefficient (Wildman–Crippen LogP) is 4.43. The fourth-order valence-electron chi connectivity index (χ4n) is 2.62. The second kappa shape index (κ2) is 6.44. The van der Waals surface area contributed by atoms with E-state index >= 15 is 0 Å². The topological polar surface area (TPSA) is 29.1 Å². The van der Waals surface area contributed by atoms with Crippen molar-refractivity contribution < 1.29 is 4.79 Å². The molecular formula is C18H21NOS. The van der Waals surface area contributed by atoms with Gasteiger partial charge in [-0.25, -0.2) is 0 Å². The molecule has 0 bridgehead atoms. The number of amides is 1. The van der Waals surface area contributed by atoms with Gasteiger partial charge in [0.05, 0.1) is 0 Å². The van der Waals surface area contributed by atoms with Gasteiger partial charge in [0.1, 0.15) is 0 Å². The minimum atomic E-state index is 0.239. The number of nitrogens with one attached hydrogen (secondary N) is 1. The summed E-state index contributed by atoms with van der Waals surface area (Å²) < 4.78 is 0. The summed E-state index contributed by atoms with van der Waals surface area (Å²) in [6.07, 6.45) is 3.34. The minimum Gasteiger partial charge on any atom is -0.355 e. The standard InChI is InChI=1S/C18H21NOS/c1-13(11-19-18(20)16-3-2-4-16)14-5-7-15(8-6-14)17-9-10-21-12-17/h5-10,12-13,16H,2-4,11H2,1H3,(H,19,20). The van der Waals surface area contributed by atoms with E-state index in [-0.39, 0.29) is 11.8 Å². The van der Waals surface area contributed by atoms with Crippen LogP contribution < -0.4 is 5.32 Å². The van der Waals surface area contributed by atoms with Crippen LogP contribution in [0, 0.1) is 5.92 Å². The van der Waals surface area contributed by atoms with Crippen LogP contribution in [0.15, 0.2) is 41.1 Å². The first-order valence-corrected chi connectivity index (χ1v) is 8.58. The Hall–Kier alpha value is -1.61. The Balaban J connectivity index is 1.57. The van der Waals surface area contributed by atoms with E-state index in [0.29, 0.717) is 5.92 Å². The van der Waals surface area contributed by atoms with Gasteiger partial charge in [-0.1, -0.05) is 37.6 Å². The smallest absolute Gasteiger partial charge is 0.223 e. The highest BCUT2D eigenvalue weighted by molar-refractivity contribution is 7.08. The lowest BCUT2D eigenvalue weighted by molar-refractivity contribution is -0.127. The predicted molar refractivity (Wildman–Crippen MR) is 88.5 cm³/mol. The molecule has 3 heteroatoms. The van der Waals surface area contributed by atoms with Crippen molar-refractivity contribution in [2.45, 2.75) is 32.1 Å². The zero-order valence-electron chi connectivity index (χ0n) is 12.3. The van der Waals surface area contributed by atoms with Gasteiger partial charge in [0.15, 0.2) is 0 Å². The molecule has 2 aromatic rings. The highest BCUT2D eigenvalue weighted by Gasteiger charge is 2.25. The van der Waals surface area contributed by atoms with Gasteiger partial charge >= 0.3 is 0 Å². The lowest BCUT2D eigenvalue weighted by atomic mass is 9.84. The second-order valence-electron chi connectivity index (χ2n) is 5.91. The third-order valence-corrected chi connectivity index (χ3v) is 5.08. The van der Waals surface area contributed by atoms with Crippen molar-refractivity contribution in [1.82, 2.24) is 5.32 Å². The number of hydrogen-bond acceptors (Lipinski definition) is 2. The Morgan fingerprint density at radius 2 is 2.00 bits per heavy atom. The largest absolute Gasteiger partial charge is 0.355 e. The van der Waals surface area contributed by atoms with Crippen LogP contribution in [-0.2, 0) is 4.79 Å². The van der Waals surface area contributed by atoms with Gasteiger partial charge in [-0.2, -0.15) is 11.3 Å². The van der Waals surface area contributed by atoms with E-state index < -0.39 is 0 Å². The summed E-state index contributed by atoms with van der Waals surface area (Å²) in [5, 5.41) is 7.35. The van der Waals surface area contributed by atoms with Crippen molar-refractivity contribution in [3.8, 4) is 11.1 Å². The molecular weight excluding hydrogens is 278 g/mol. The molecule has 0 saturated heterocycles. The molecule has 1 amide bonds. The van der Waals surface area contributed by atoms with Crippen LogP contribution in [0.25, 0.3) is 11.1 Å². The van der Waals surface area contributed by atoms with Crippen LogP contribution >= 0.6 is 11.3 Å². The molecule has 1 N–H and O–H groups in total. The summed E-state index contributed by atoms with van der Waals surface area (Å²) >= 11 is 1.72. The summed E-state index contributed by atoms with van der Waals surface area (Å²) in [5.74, 6) is 0.867. The van der Waals surface area contributed by atoms with Gasteiger partial charge in [-0.05, 0) is 52.3 Å². The van der Waals surface area contributed by atoms with E-state index in [1.165, 1.54) is 23.1 Å². The van der Waals surface area contributed by atoms with Crippen molar-refractivity contribution in [3.05, 3.63) is 46.7 Å². The third kappa shape index (κ3) is 3.35. The number of rotatable bonds is 5. The number of carbonyl (C=O) groups excluding carboxylic acids is 1. The maximum absolute atomic E-state index is 11.9. The van der Waals surface area contributed by atoms with Gasteiger partial charge in [0.25, 0.3) is 0 Å². The fourth-order valence-corrected chi connectivity index (χ4v) is 3.28. The van der Waals surface area contributed by atoms with Crippen molar-refractivity contribution in [2.75, 3.05) is 6.54 Å². The van der Waals surface area contributed by atoms with Gasteiger partial charge in [0.2, 0.25) is 5.91 Å². The Morgan fingerprint density at radius 3 is 2.57 bits per heavy atom. The minimum absolute atomic E-state index is 0.239. The first kappa shape index (κ1) is 14.3. The summed E-state index contributed by atoms with van der Waals surface area (Å²) in [6, 6.07) is 10.8. The molecule has 3 rings (SSSR count). The Labute approximate surface area is 130 Å². The van der Waals surface area contributed by atoms with E-state index in [0.717, 1.165) is 19.4 Å². The Kier molecular flexibility index (Phi) is 4.39. The van der Waals surface area contributed by atoms with Gasteiger partial charge in [-0.15, -0.1) is 0 Å². The van der Waals surface area contributed by atoms with Crippen LogP contribution in [0.5, 0.6) is 0 Å². The molecule has 1 fully saturated rings. The monoisotopic (exact) mass is 299 g/mol. The van der Waals surface area contributed by atoms with Crippen LogP contribution in [0.2, 0.25) is 0 Å². The van der Waals surface area contributed by atoms with Crippen LogP contribution in [0.1, 0.15) is 37.7 Å². The lowest BCUT2D eigenvalue weighted by Crippen LogP contribution is -2.36. The molecule has 1 aliphatic carbocycles. The average molecular weight is 299 g/mol. The van der Waals surface area contributed by atoms with Crippen LogP contribution in [0.4, 0.5) is 0 Å². The zero-order valence-corrected chi connectivity index (χ0v) is 13.2. The summed E-state index contributed by atoms with van der Waals surface area (Å²) in [4.78, 5) is 11.9. The summed E-state index contributed by atoms with van der Waals surface area (Å²) in [7, 11) is 0. The van der Waals surface area contributed by atoms with E-state index in [9.17, 15) is 4.79 Å². The molecule has 110 valence electrons. The second-order valence-corrected chi connectivity index (χ2v) is 6.69. The number of thiophene rings is 1. The van der Waals surface area contributed by atoms with Crippen LogP contribution in [0.3, 0.4) is 0 Å². The molecule has 1 aromatic heterocycles. The number of carbonyl (C=O) groups is 1. The van der Waals surface area contributed by atoms with Crippen molar-refractivity contribution in [3.63, 3.8) is 0 Å². The average Bonchev–Trinajstić information content (AvgIpc) is 2.97. The molecule has 0 aliphatic heterocycles. The van der Waals surface area contributed by atoms with E-state index in [1.54, 1.807) is 11.3 Å². The molecule has 0 spiro atoms. The first-order valence-electron chi connectivity index (χ1n) is 7.64. The van der Waals surface area contributed by atoms with E-state index in [1.807, 2.05) is 0 Å². The van der Waals surface area contributed by atoms with Crippen molar-refractivity contribution in [2.24, 2.45) is 5.92 Å².